The molecule has 6 nitrogen and oxygen atoms in total. The topological polar surface area (TPSA) is 59.0 Å². The van der Waals surface area contributed by atoms with E-state index in [1.165, 1.54) is 0 Å². The van der Waals surface area contributed by atoms with Crippen LogP contribution >= 0.6 is 0 Å². The lowest BCUT2D eigenvalue weighted by Gasteiger charge is -2.16. The highest BCUT2D eigenvalue weighted by Crippen LogP contribution is 2.42. The monoisotopic (exact) mass is 381 g/mol. The first-order valence-electron chi connectivity index (χ1n) is 8.68. The fourth-order valence-electron chi connectivity index (χ4n) is 3.01. The van der Waals surface area contributed by atoms with Gasteiger partial charge in [0.05, 0.1) is 39.5 Å². The van der Waals surface area contributed by atoms with Gasteiger partial charge in [0.25, 0.3) is 0 Å². The van der Waals surface area contributed by atoms with Gasteiger partial charge in [0.2, 0.25) is 5.88 Å². The molecule has 6 heteroatoms. The van der Waals surface area contributed by atoms with Crippen LogP contribution in [0.15, 0.2) is 49.1 Å². The second-order valence-electron chi connectivity index (χ2n) is 5.88. The highest BCUT2D eigenvalue weighted by Gasteiger charge is 2.18. The Balaban J connectivity index is 2.24. The summed E-state index contributed by atoms with van der Waals surface area (Å²) >= 11 is 0. The van der Waals surface area contributed by atoms with E-state index in [0.717, 1.165) is 22.0 Å². The first-order chi connectivity index (χ1) is 13.7. The van der Waals surface area contributed by atoms with E-state index in [4.69, 9.17) is 28.7 Å². The van der Waals surface area contributed by atoms with Crippen molar-refractivity contribution in [3.05, 3.63) is 49.1 Å². The summed E-state index contributed by atoms with van der Waals surface area (Å²) in [7, 11) is 6.40. The number of nitrogens with zero attached hydrogens (tertiary/aromatic N) is 1. The van der Waals surface area contributed by atoms with Gasteiger partial charge >= 0.3 is 0 Å². The summed E-state index contributed by atoms with van der Waals surface area (Å²) in [4.78, 5) is 4.72. The van der Waals surface area contributed by atoms with Gasteiger partial charge in [0.15, 0.2) is 23.0 Å². The Hall–Kier alpha value is -3.41. The molecule has 1 aromatic heterocycles. The zero-order valence-electron chi connectivity index (χ0n) is 16.4. The molecule has 3 rings (SSSR count). The van der Waals surface area contributed by atoms with E-state index in [2.05, 4.69) is 6.58 Å². The highest BCUT2D eigenvalue weighted by molar-refractivity contribution is 5.97. The molecule has 0 N–H and O–H groups in total. The van der Waals surface area contributed by atoms with Crippen molar-refractivity contribution in [1.29, 1.82) is 0 Å². The predicted molar refractivity (Wildman–Crippen MR) is 109 cm³/mol. The van der Waals surface area contributed by atoms with E-state index in [0.29, 0.717) is 35.5 Å². The standard InChI is InChI=1S/C22H23NO5/c1-6-11-28-22-20-15(8-10-18(25-3)21(20)27-5)12-16(23-22)14-7-9-17(24-2)19(13-14)26-4/h6-10,12-13H,1,11H2,2-5H3. The van der Waals surface area contributed by atoms with E-state index in [1.54, 1.807) is 34.5 Å². The van der Waals surface area contributed by atoms with E-state index >= 15 is 0 Å². The molecule has 2 aromatic carbocycles. The zero-order valence-corrected chi connectivity index (χ0v) is 16.4. The lowest BCUT2D eigenvalue weighted by molar-refractivity contribution is 0.343. The molecule has 0 aliphatic rings. The van der Waals surface area contributed by atoms with E-state index in [-0.39, 0.29) is 0 Å². The molecule has 0 spiro atoms. The van der Waals surface area contributed by atoms with Crippen LogP contribution in [-0.2, 0) is 0 Å². The summed E-state index contributed by atoms with van der Waals surface area (Å²) in [5.41, 5.74) is 1.61. The summed E-state index contributed by atoms with van der Waals surface area (Å²) in [6.07, 6.45) is 1.67. The first kappa shape index (κ1) is 19.4. The molecule has 0 saturated heterocycles. The Morgan fingerprint density at radius 2 is 1.57 bits per heavy atom. The minimum absolute atomic E-state index is 0.317. The summed E-state index contributed by atoms with van der Waals surface area (Å²) in [5, 5.41) is 1.66. The van der Waals surface area contributed by atoms with Gasteiger partial charge in [-0.15, -0.1) is 0 Å². The SMILES string of the molecule is C=CCOc1nc(-c2ccc(OC)c(OC)c2)cc2ccc(OC)c(OC)c12. The largest absolute Gasteiger partial charge is 0.493 e. The summed E-state index contributed by atoms with van der Waals surface area (Å²) in [6, 6.07) is 11.4. The van der Waals surface area contributed by atoms with E-state index in [9.17, 15) is 0 Å². The van der Waals surface area contributed by atoms with E-state index in [1.807, 2.05) is 36.4 Å². The molecule has 0 aliphatic heterocycles. The lowest BCUT2D eigenvalue weighted by atomic mass is 10.1. The molecule has 0 aliphatic carbocycles. The van der Waals surface area contributed by atoms with E-state index < -0.39 is 0 Å². The van der Waals surface area contributed by atoms with Gasteiger partial charge in [-0.1, -0.05) is 18.7 Å². The minimum Gasteiger partial charge on any atom is -0.493 e. The van der Waals surface area contributed by atoms with Crippen LogP contribution < -0.4 is 23.7 Å². The Bertz CT molecular complexity index is 1000. The van der Waals surface area contributed by atoms with Crippen LogP contribution in [0, 0.1) is 0 Å². The van der Waals surface area contributed by atoms with Crippen molar-refractivity contribution >= 4 is 10.8 Å². The molecule has 0 fully saturated rings. The molecule has 28 heavy (non-hydrogen) atoms. The minimum atomic E-state index is 0.317. The average molecular weight is 381 g/mol. The van der Waals surface area contributed by atoms with Gasteiger partial charge in [-0.2, -0.15) is 0 Å². The Kier molecular flexibility index (Phi) is 5.89. The normalized spacial score (nSPS) is 10.4. The number of fused-ring (bicyclic) bond motifs is 1. The smallest absolute Gasteiger partial charge is 0.226 e. The molecule has 1 heterocycles. The third-order valence-electron chi connectivity index (χ3n) is 4.32. The van der Waals surface area contributed by atoms with Crippen molar-refractivity contribution in [3.63, 3.8) is 0 Å². The van der Waals surface area contributed by atoms with Crippen molar-refractivity contribution in [2.75, 3.05) is 35.0 Å². The van der Waals surface area contributed by atoms with Crippen LogP contribution in [0.25, 0.3) is 22.0 Å². The van der Waals surface area contributed by atoms with Crippen LogP contribution in [0.3, 0.4) is 0 Å². The average Bonchev–Trinajstić information content (AvgIpc) is 2.75. The number of benzene rings is 2. The number of hydrogen-bond donors (Lipinski definition) is 0. The number of hydrogen-bond acceptors (Lipinski definition) is 6. The molecule has 0 bridgehead atoms. The van der Waals surface area contributed by atoms with Crippen LogP contribution in [0.5, 0.6) is 28.9 Å². The molecule has 0 amide bonds. The quantitative estimate of drug-likeness (QED) is 0.536. The molecule has 0 saturated carbocycles. The molecular weight excluding hydrogens is 358 g/mol. The third-order valence-corrected chi connectivity index (χ3v) is 4.32. The molecule has 0 atom stereocenters. The number of methoxy groups -OCH3 is 4. The van der Waals surface area contributed by atoms with Crippen molar-refractivity contribution in [1.82, 2.24) is 4.98 Å². The van der Waals surface area contributed by atoms with Crippen molar-refractivity contribution in [2.24, 2.45) is 0 Å². The zero-order chi connectivity index (χ0) is 20.1. The van der Waals surface area contributed by atoms with Gasteiger partial charge in [-0.05, 0) is 35.7 Å². The molecule has 3 aromatic rings. The van der Waals surface area contributed by atoms with Gasteiger partial charge in [0, 0.05) is 5.56 Å². The lowest BCUT2D eigenvalue weighted by Crippen LogP contribution is -2.01. The Morgan fingerprint density at radius 3 is 2.21 bits per heavy atom. The number of aromatic nitrogens is 1. The van der Waals surface area contributed by atoms with Crippen LogP contribution in [0.4, 0.5) is 0 Å². The maximum Gasteiger partial charge on any atom is 0.226 e. The second kappa shape index (κ2) is 8.52. The maximum absolute atomic E-state index is 5.85. The number of pyridine rings is 1. The predicted octanol–water partition coefficient (Wildman–Crippen LogP) is 4.50. The third kappa shape index (κ3) is 3.53. The maximum atomic E-state index is 5.85. The summed E-state index contributed by atoms with van der Waals surface area (Å²) in [6.45, 7) is 4.03. The second-order valence-corrected chi connectivity index (χ2v) is 5.88. The Morgan fingerprint density at radius 1 is 0.857 bits per heavy atom. The molecule has 0 radical (unpaired) electrons. The van der Waals surface area contributed by atoms with Crippen LogP contribution in [-0.4, -0.2) is 40.0 Å². The molecule has 146 valence electrons. The number of rotatable bonds is 8. The van der Waals surface area contributed by atoms with Gasteiger partial charge in [-0.3, -0.25) is 0 Å². The van der Waals surface area contributed by atoms with Gasteiger partial charge in [0.1, 0.15) is 6.61 Å². The summed E-state index contributed by atoms with van der Waals surface area (Å²) < 4.78 is 27.6. The van der Waals surface area contributed by atoms with Crippen LogP contribution in [0.1, 0.15) is 0 Å². The van der Waals surface area contributed by atoms with Crippen molar-refractivity contribution < 1.29 is 23.7 Å². The molecule has 0 unspecified atom stereocenters. The fraction of sp³-hybridized carbons (Fsp3) is 0.227. The first-order valence-corrected chi connectivity index (χ1v) is 8.68. The fourth-order valence-corrected chi connectivity index (χ4v) is 3.01. The van der Waals surface area contributed by atoms with Crippen LogP contribution in [0.2, 0.25) is 0 Å². The van der Waals surface area contributed by atoms with Gasteiger partial charge in [-0.25, -0.2) is 4.98 Å². The molecular formula is C22H23NO5. The highest BCUT2D eigenvalue weighted by atomic mass is 16.5. The Labute approximate surface area is 164 Å². The van der Waals surface area contributed by atoms with Gasteiger partial charge < -0.3 is 23.7 Å². The number of ether oxygens (including phenoxy) is 5. The summed E-state index contributed by atoms with van der Waals surface area (Å²) in [5.74, 6) is 2.91. The van der Waals surface area contributed by atoms with Crippen molar-refractivity contribution in [3.8, 4) is 40.1 Å². The van der Waals surface area contributed by atoms with Crippen molar-refractivity contribution in [2.45, 2.75) is 0 Å².